The zero-order valence-corrected chi connectivity index (χ0v) is 26.4. The van der Waals surface area contributed by atoms with Gasteiger partial charge in [0.15, 0.2) is 0 Å². The molecule has 0 aliphatic rings. The number of hydrazone groups is 1. The fourth-order valence-corrected chi connectivity index (χ4v) is 4.33. The molecule has 0 atom stereocenters. The maximum Gasteiger partial charge on any atom is 0.305 e. The Bertz CT molecular complexity index is 1170. The number of hydrogen-bond donors (Lipinski definition) is 1. The Kier molecular flexibility index (Phi) is 15.7. The molecule has 2 rings (SSSR count). The molecule has 2 aromatic rings. The van der Waals surface area contributed by atoms with E-state index in [4.69, 9.17) is 18.9 Å². The highest BCUT2D eigenvalue weighted by Gasteiger charge is 2.25. The van der Waals surface area contributed by atoms with E-state index in [-0.39, 0.29) is 42.9 Å². The predicted octanol–water partition coefficient (Wildman–Crippen LogP) is 5.77. The molecule has 0 fully saturated rings. The molecule has 0 aromatic heterocycles. The summed E-state index contributed by atoms with van der Waals surface area (Å²) in [6.45, 7) is 12.9. The smallest absolute Gasteiger partial charge is 0.305 e. The van der Waals surface area contributed by atoms with Gasteiger partial charge in [-0.2, -0.15) is 5.10 Å². The van der Waals surface area contributed by atoms with Crippen LogP contribution >= 0.6 is 0 Å². The normalized spacial score (nSPS) is 11.1. The van der Waals surface area contributed by atoms with Crippen molar-refractivity contribution in [3.8, 4) is 17.2 Å². The third-order valence-corrected chi connectivity index (χ3v) is 6.26. The summed E-state index contributed by atoms with van der Waals surface area (Å²) in [6.07, 6.45) is 4.94. The lowest BCUT2D eigenvalue weighted by molar-refractivity contribution is -0.143. The van der Waals surface area contributed by atoms with Gasteiger partial charge >= 0.3 is 5.97 Å². The SMILES string of the molecule is CCOC(=O)CCCOc1cc(OCCCCCOc2ccc(C=NNC(C)=O)cc2)ccc1C(=O)N(C(C)C)C(C)C. The first-order valence-corrected chi connectivity index (χ1v) is 15.0. The van der Waals surface area contributed by atoms with Crippen LogP contribution in [0.2, 0.25) is 0 Å². The van der Waals surface area contributed by atoms with Crippen LogP contribution in [0.5, 0.6) is 17.2 Å². The second-order valence-corrected chi connectivity index (χ2v) is 10.6. The minimum absolute atomic E-state index is 0.0269. The summed E-state index contributed by atoms with van der Waals surface area (Å²) in [6, 6.07) is 12.8. The van der Waals surface area contributed by atoms with Crippen LogP contribution < -0.4 is 19.6 Å². The van der Waals surface area contributed by atoms with E-state index >= 15 is 0 Å². The second-order valence-electron chi connectivity index (χ2n) is 10.6. The maximum absolute atomic E-state index is 13.4. The monoisotopic (exact) mass is 597 g/mol. The number of amides is 2. The predicted molar refractivity (Wildman–Crippen MR) is 167 cm³/mol. The van der Waals surface area contributed by atoms with Gasteiger partial charge in [0.05, 0.1) is 38.2 Å². The van der Waals surface area contributed by atoms with E-state index in [1.165, 1.54) is 6.92 Å². The molecule has 0 spiro atoms. The summed E-state index contributed by atoms with van der Waals surface area (Å²) in [7, 11) is 0. The largest absolute Gasteiger partial charge is 0.494 e. The van der Waals surface area contributed by atoms with Gasteiger partial charge in [-0.15, -0.1) is 0 Å². The van der Waals surface area contributed by atoms with Crippen LogP contribution in [-0.4, -0.2) is 67.4 Å². The first-order valence-electron chi connectivity index (χ1n) is 15.0. The Hall–Kier alpha value is -4.08. The Balaban J connectivity index is 1.86. The number of carbonyl (C=O) groups excluding carboxylic acids is 3. The molecule has 0 unspecified atom stereocenters. The summed E-state index contributed by atoms with van der Waals surface area (Å²) in [5.41, 5.74) is 3.70. The Morgan fingerprint density at radius 3 is 2.05 bits per heavy atom. The molecule has 0 saturated carbocycles. The first-order chi connectivity index (χ1) is 20.6. The summed E-state index contributed by atoms with van der Waals surface area (Å²) in [5.74, 6) is 1.24. The van der Waals surface area contributed by atoms with Crippen LogP contribution in [-0.2, 0) is 14.3 Å². The van der Waals surface area contributed by atoms with E-state index < -0.39 is 0 Å². The van der Waals surface area contributed by atoms with Gasteiger partial charge in [0.1, 0.15) is 17.2 Å². The summed E-state index contributed by atoms with van der Waals surface area (Å²) < 4.78 is 22.8. The van der Waals surface area contributed by atoms with Gasteiger partial charge in [0, 0.05) is 31.5 Å². The molecule has 0 radical (unpaired) electrons. The molecular weight excluding hydrogens is 550 g/mol. The quantitative estimate of drug-likeness (QED) is 0.0947. The van der Waals surface area contributed by atoms with Crippen molar-refractivity contribution < 1.29 is 33.3 Å². The minimum atomic E-state index is -0.265. The Morgan fingerprint density at radius 2 is 1.44 bits per heavy atom. The number of unbranched alkanes of at least 4 members (excludes halogenated alkanes) is 2. The maximum atomic E-state index is 13.4. The molecule has 0 heterocycles. The molecule has 43 heavy (non-hydrogen) atoms. The topological polar surface area (TPSA) is 116 Å². The van der Waals surface area contributed by atoms with Crippen molar-refractivity contribution in [3.05, 3.63) is 53.6 Å². The third-order valence-electron chi connectivity index (χ3n) is 6.26. The number of carbonyl (C=O) groups is 3. The molecule has 0 aliphatic heterocycles. The second kappa shape index (κ2) is 19.2. The molecule has 0 saturated heterocycles. The van der Waals surface area contributed by atoms with Crippen LogP contribution in [0.25, 0.3) is 0 Å². The van der Waals surface area contributed by atoms with Crippen LogP contribution in [0, 0.1) is 0 Å². The number of ether oxygens (including phenoxy) is 4. The number of hydrogen-bond acceptors (Lipinski definition) is 8. The number of rotatable bonds is 19. The van der Waals surface area contributed by atoms with Crippen LogP contribution in [0.1, 0.15) is 89.6 Å². The highest BCUT2D eigenvalue weighted by molar-refractivity contribution is 5.97. The van der Waals surface area contributed by atoms with Gasteiger partial charge < -0.3 is 23.8 Å². The van der Waals surface area contributed by atoms with Crippen molar-refractivity contribution in [3.63, 3.8) is 0 Å². The van der Waals surface area contributed by atoms with Gasteiger partial charge in [-0.1, -0.05) is 0 Å². The van der Waals surface area contributed by atoms with Gasteiger partial charge in [-0.3, -0.25) is 14.4 Å². The van der Waals surface area contributed by atoms with E-state index in [0.29, 0.717) is 43.3 Å². The molecule has 0 bridgehead atoms. The third kappa shape index (κ3) is 13.2. The van der Waals surface area contributed by atoms with Crippen LogP contribution in [0.4, 0.5) is 0 Å². The summed E-state index contributed by atoms with van der Waals surface area (Å²) >= 11 is 0. The minimum Gasteiger partial charge on any atom is -0.494 e. The molecule has 2 amide bonds. The number of nitrogens with one attached hydrogen (secondary N) is 1. The lowest BCUT2D eigenvalue weighted by atomic mass is 10.1. The van der Waals surface area contributed by atoms with Gasteiger partial charge in [0.2, 0.25) is 5.91 Å². The standard InChI is InChI=1S/C33H47N3O7/c1-7-40-32(38)12-11-21-43-31-22-29(17-18-30(31)33(39)36(24(2)3)25(4)5)42-20-10-8-9-19-41-28-15-13-27(14-16-28)23-34-35-26(6)37/h13-18,22-25H,7-12,19-21H2,1-6H3,(H,35,37). The van der Waals surface area contributed by atoms with Crippen molar-refractivity contribution in [2.75, 3.05) is 26.4 Å². The van der Waals surface area contributed by atoms with Crippen molar-refractivity contribution in [2.45, 2.75) is 85.7 Å². The molecule has 10 heteroatoms. The zero-order chi connectivity index (χ0) is 31.6. The molecule has 10 nitrogen and oxygen atoms in total. The lowest BCUT2D eigenvalue weighted by Gasteiger charge is -2.31. The molecular formula is C33H47N3O7. The number of esters is 1. The van der Waals surface area contributed by atoms with E-state index in [0.717, 1.165) is 30.6 Å². The van der Waals surface area contributed by atoms with Crippen molar-refractivity contribution in [2.24, 2.45) is 5.10 Å². The molecule has 0 aliphatic carbocycles. The number of nitrogens with zero attached hydrogens (tertiary/aromatic N) is 2. The fraction of sp³-hybridized carbons (Fsp3) is 0.515. The van der Waals surface area contributed by atoms with E-state index in [2.05, 4.69) is 10.5 Å². The molecule has 1 N–H and O–H groups in total. The van der Waals surface area contributed by atoms with Crippen LogP contribution in [0.15, 0.2) is 47.6 Å². The number of benzene rings is 2. The van der Waals surface area contributed by atoms with Crippen molar-refractivity contribution in [1.29, 1.82) is 0 Å². The zero-order valence-electron chi connectivity index (χ0n) is 26.4. The van der Waals surface area contributed by atoms with Gasteiger partial charge in [-0.25, -0.2) is 5.43 Å². The first kappa shape index (κ1) is 35.1. The van der Waals surface area contributed by atoms with Gasteiger partial charge in [0.25, 0.3) is 5.91 Å². The van der Waals surface area contributed by atoms with E-state index in [1.807, 2.05) is 56.9 Å². The fourth-order valence-electron chi connectivity index (χ4n) is 4.33. The van der Waals surface area contributed by atoms with E-state index in [1.54, 1.807) is 31.3 Å². The molecule has 2 aromatic carbocycles. The van der Waals surface area contributed by atoms with Crippen LogP contribution in [0.3, 0.4) is 0 Å². The van der Waals surface area contributed by atoms with E-state index in [9.17, 15) is 14.4 Å². The average Bonchev–Trinajstić information content (AvgIpc) is 2.95. The average molecular weight is 598 g/mol. The Morgan fingerprint density at radius 1 is 0.837 bits per heavy atom. The lowest BCUT2D eigenvalue weighted by Crippen LogP contribution is -2.42. The summed E-state index contributed by atoms with van der Waals surface area (Å²) in [4.78, 5) is 37.8. The highest BCUT2D eigenvalue weighted by Crippen LogP contribution is 2.28. The summed E-state index contributed by atoms with van der Waals surface area (Å²) in [5, 5.41) is 3.84. The van der Waals surface area contributed by atoms with Crippen molar-refractivity contribution in [1.82, 2.24) is 10.3 Å². The Labute approximate surface area is 255 Å². The van der Waals surface area contributed by atoms with Crippen molar-refractivity contribution >= 4 is 24.0 Å². The molecule has 236 valence electrons. The van der Waals surface area contributed by atoms with Gasteiger partial charge in [-0.05, 0) is 102 Å². The highest BCUT2D eigenvalue weighted by atomic mass is 16.5.